The van der Waals surface area contributed by atoms with Gasteiger partial charge in [-0.05, 0) is 29.0 Å². The molecule has 0 atom stereocenters. The molecule has 0 unspecified atom stereocenters. The van der Waals surface area contributed by atoms with Crippen molar-refractivity contribution in [2.24, 2.45) is 0 Å². The van der Waals surface area contributed by atoms with E-state index in [9.17, 15) is 0 Å². The van der Waals surface area contributed by atoms with Crippen molar-refractivity contribution in [2.75, 3.05) is 0 Å². The molecule has 0 saturated carbocycles. The largest absolute Gasteiger partial charge is 1.00 e. The molecule has 0 radical (unpaired) electrons. The minimum Gasteiger partial charge on any atom is -1.00 e. The summed E-state index contributed by atoms with van der Waals surface area (Å²) < 4.78 is 0. The van der Waals surface area contributed by atoms with E-state index in [1.807, 2.05) is 0 Å². The second kappa shape index (κ2) is 8.09. The predicted octanol–water partition coefficient (Wildman–Crippen LogP) is 0.974. The Kier molecular flexibility index (Phi) is 7.76. The van der Waals surface area contributed by atoms with Crippen LogP contribution in [0.15, 0.2) is 47.2 Å². The molecular weight excluding hydrogens is 200 g/mol. The zero-order valence-electron chi connectivity index (χ0n) is 7.82. The van der Waals surface area contributed by atoms with E-state index < -0.39 is 0 Å². The maximum absolute atomic E-state index is 2.28. The fraction of sp³-hybridized carbons (Fsp3) is 0.273. The van der Waals surface area contributed by atoms with Crippen LogP contribution in [0.3, 0.4) is 0 Å². The number of rotatable bonds is 2. The van der Waals surface area contributed by atoms with Crippen molar-refractivity contribution < 1.29 is 12.4 Å². The van der Waals surface area contributed by atoms with Crippen molar-refractivity contribution >= 4 is 10.5 Å². The molecule has 1 aromatic rings. The molecule has 0 nitrogen and oxygen atoms in total. The van der Waals surface area contributed by atoms with Gasteiger partial charge in [-0.3, -0.25) is 0 Å². The Labute approximate surface area is 89.3 Å². The van der Waals surface area contributed by atoms with Crippen molar-refractivity contribution in [3.8, 4) is 0 Å². The molecule has 0 bridgehead atoms. The molecule has 0 aliphatic rings. The lowest BCUT2D eigenvalue weighted by molar-refractivity contribution is -0.00000252. The van der Waals surface area contributed by atoms with Crippen molar-refractivity contribution in [1.82, 2.24) is 0 Å². The number of hydrogen-bond acceptors (Lipinski definition) is 0. The van der Waals surface area contributed by atoms with Gasteiger partial charge in [0.2, 0.25) is 0 Å². The smallest absolute Gasteiger partial charge is 0.137 e. The number of hydrogen-bond donors (Lipinski definition) is 0. The van der Waals surface area contributed by atoms with E-state index in [4.69, 9.17) is 0 Å². The normalized spacial score (nSPS) is 8.38. The van der Waals surface area contributed by atoms with Crippen LogP contribution in [0, 0.1) is 0 Å². The van der Waals surface area contributed by atoms with Gasteiger partial charge in [0.1, 0.15) is 16.5 Å². The molecule has 72 valence electrons. The Bertz CT molecular complexity index is 242. The Hall–Kier alpha value is -0.530. The minimum absolute atomic E-state index is 0. The van der Waals surface area contributed by atoms with Crippen LogP contribution in [0.4, 0.5) is 0 Å². The van der Waals surface area contributed by atoms with Crippen LogP contribution >= 0.6 is 10.5 Å². The summed E-state index contributed by atoms with van der Waals surface area (Å²) in [5.41, 5.74) is 0. The maximum Gasteiger partial charge on any atom is 0.137 e. The second-order valence-electron chi connectivity index (χ2n) is 2.60. The molecule has 0 aliphatic heterocycles. The van der Waals surface area contributed by atoms with Gasteiger partial charge in [0.15, 0.2) is 0 Å². The average molecular weight is 215 g/mol. The van der Waals surface area contributed by atoms with E-state index in [1.54, 1.807) is 0 Å². The average Bonchev–Trinajstić information content (AvgIpc) is 2.19. The Morgan fingerprint density at radius 2 is 1.31 bits per heavy atom. The summed E-state index contributed by atoms with van der Waals surface area (Å²) in [6.07, 6.45) is 1.26. The first-order valence-electron chi connectivity index (χ1n) is 4.30. The lowest BCUT2D eigenvalue weighted by Crippen LogP contribution is -3.00. The summed E-state index contributed by atoms with van der Waals surface area (Å²) in [6, 6.07) is 12.6. The van der Waals surface area contributed by atoms with E-state index in [2.05, 4.69) is 54.1 Å². The van der Waals surface area contributed by atoms with Crippen molar-refractivity contribution in [2.45, 2.75) is 19.1 Å². The van der Waals surface area contributed by atoms with Crippen LogP contribution in [0.2, 0.25) is 0 Å². The standard InChI is InChI=1S/C11H15S.ClH/c1-2-9-12-10-7-5-3-4-6-8-11-12;/h3-8,10-11H,2,9H2,1H3;1H/q+1;/p-1. The molecular formula is C11H15ClS. The van der Waals surface area contributed by atoms with Crippen LogP contribution < -0.4 is 12.4 Å². The Morgan fingerprint density at radius 1 is 0.846 bits per heavy atom. The first-order chi connectivity index (χ1) is 5.93. The summed E-state index contributed by atoms with van der Waals surface area (Å²) in [4.78, 5) is 0. The van der Waals surface area contributed by atoms with Gasteiger partial charge < -0.3 is 12.4 Å². The molecule has 1 aromatic heterocycles. The molecule has 2 heteroatoms. The van der Waals surface area contributed by atoms with E-state index in [0.29, 0.717) is 10.5 Å². The van der Waals surface area contributed by atoms with Gasteiger partial charge in [-0.25, -0.2) is 0 Å². The fourth-order valence-corrected chi connectivity index (χ4v) is 2.39. The van der Waals surface area contributed by atoms with Gasteiger partial charge in [-0.1, -0.05) is 31.2 Å². The number of halogens is 1. The quantitative estimate of drug-likeness (QED) is 0.644. The second-order valence-corrected chi connectivity index (χ2v) is 4.49. The van der Waals surface area contributed by atoms with Crippen LogP contribution in [-0.2, 0) is 5.75 Å². The van der Waals surface area contributed by atoms with Gasteiger partial charge in [-0.2, -0.15) is 0 Å². The van der Waals surface area contributed by atoms with Crippen molar-refractivity contribution in [3.05, 3.63) is 47.2 Å². The molecule has 0 amide bonds. The highest BCUT2D eigenvalue weighted by Gasteiger charge is 1.92. The third-order valence-corrected chi connectivity index (χ3v) is 3.40. The van der Waals surface area contributed by atoms with Gasteiger partial charge in [0, 0.05) is 0 Å². The van der Waals surface area contributed by atoms with Gasteiger partial charge in [-0.15, -0.1) is 0 Å². The van der Waals surface area contributed by atoms with E-state index in [0.717, 1.165) is 0 Å². The molecule has 1 rings (SSSR count). The molecule has 13 heavy (non-hydrogen) atoms. The van der Waals surface area contributed by atoms with Crippen LogP contribution in [-0.4, -0.2) is 0 Å². The van der Waals surface area contributed by atoms with Crippen LogP contribution in [0.25, 0.3) is 0 Å². The fourth-order valence-electron chi connectivity index (χ4n) is 0.966. The van der Waals surface area contributed by atoms with E-state index >= 15 is 0 Å². The SMILES string of the molecule is CCC[s+]1cccccccc1.[Cl-]. The highest BCUT2D eigenvalue weighted by Crippen LogP contribution is 2.15. The van der Waals surface area contributed by atoms with Crippen molar-refractivity contribution in [1.29, 1.82) is 0 Å². The molecule has 0 spiro atoms. The highest BCUT2D eigenvalue weighted by molar-refractivity contribution is 7.27. The third kappa shape index (κ3) is 5.67. The lowest BCUT2D eigenvalue weighted by atomic mass is 10.5. The van der Waals surface area contributed by atoms with Crippen molar-refractivity contribution in [3.63, 3.8) is 0 Å². The first kappa shape index (κ1) is 12.5. The monoisotopic (exact) mass is 214 g/mol. The summed E-state index contributed by atoms with van der Waals surface area (Å²) in [5, 5.41) is 4.56. The van der Waals surface area contributed by atoms with Gasteiger partial charge in [0.25, 0.3) is 0 Å². The zero-order valence-corrected chi connectivity index (χ0v) is 9.39. The third-order valence-electron chi connectivity index (χ3n) is 1.50. The van der Waals surface area contributed by atoms with E-state index in [1.165, 1.54) is 12.2 Å². The van der Waals surface area contributed by atoms with Gasteiger partial charge in [0.05, 0.1) is 0 Å². The molecule has 0 aliphatic carbocycles. The lowest BCUT2D eigenvalue weighted by Gasteiger charge is -1.81. The summed E-state index contributed by atoms with van der Waals surface area (Å²) >= 11 is 0. The molecule has 0 aromatic carbocycles. The minimum atomic E-state index is 0. The zero-order chi connectivity index (χ0) is 8.65. The topological polar surface area (TPSA) is 0 Å². The van der Waals surface area contributed by atoms with E-state index in [-0.39, 0.29) is 12.4 Å². The highest BCUT2D eigenvalue weighted by atomic mass is 35.5. The van der Waals surface area contributed by atoms with Gasteiger partial charge >= 0.3 is 0 Å². The van der Waals surface area contributed by atoms with Crippen LogP contribution in [0.5, 0.6) is 0 Å². The summed E-state index contributed by atoms with van der Waals surface area (Å²) in [6.45, 7) is 2.23. The molecule has 0 fully saturated rings. The number of aryl methyl sites for hydroxylation is 1. The molecule has 0 saturated heterocycles. The summed E-state index contributed by atoms with van der Waals surface area (Å²) in [7, 11) is 0.352. The predicted molar refractivity (Wildman–Crippen MR) is 56.8 cm³/mol. The summed E-state index contributed by atoms with van der Waals surface area (Å²) in [5.74, 6) is 1.27. The first-order valence-corrected chi connectivity index (χ1v) is 5.82. The Morgan fingerprint density at radius 3 is 1.77 bits per heavy atom. The molecule has 0 N–H and O–H groups in total. The maximum atomic E-state index is 2.28. The van der Waals surface area contributed by atoms with Crippen LogP contribution in [0.1, 0.15) is 13.3 Å². The molecule has 1 heterocycles. The Balaban J connectivity index is 0.00000144.